The number of hydrogen-bond donors (Lipinski definition) is 2. The molecule has 0 spiro atoms. The number of fused-ring (bicyclic) bond motifs is 1. The van der Waals surface area contributed by atoms with E-state index in [2.05, 4.69) is 31.3 Å². The van der Waals surface area contributed by atoms with Crippen LogP contribution in [0.15, 0.2) is 48.9 Å². The van der Waals surface area contributed by atoms with Gasteiger partial charge in [0.1, 0.15) is 10.8 Å². The van der Waals surface area contributed by atoms with Crippen LogP contribution in [-0.4, -0.2) is 19.9 Å². The van der Waals surface area contributed by atoms with E-state index in [1.54, 1.807) is 23.7 Å². The highest BCUT2D eigenvalue weighted by Crippen LogP contribution is 2.31. The van der Waals surface area contributed by atoms with Crippen LogP contribution in [0.25, 0.3) is 11.0 Å². The molecule has 0 aliphatic carbocycles. The molecule has 0 aliphatic heterocycles. The maximum absolute atomic E-state index is 6.31. The SMILES string of the molecule is Clc1nc(NCc2ccccn2)sc1Cc1c[nH]c2ncccc12. The number of nitrogens with one attached hydrogen (secondary N) is 2. The van der Waals surface area contributed by atoms with Crippen LogP contribution in [0.4, 0.5) is 5.13 Å². The second-order valence-electron chi connectivity index (χ2n) is 5.30. The zero-order chi connectivity index (χ0) is 16.4. The first kappa shape index (κ1) is 15.1. The summed E-state index contributed by atoms with van der Waals surface area (Å²) in [5, 5.41) is 5.74. The summed E-state index contributed by atoms with van der Waals surface area (Å²) in [4.78, 5) is 17.2. The predicted molar refractivity (Wildman–Crippen MR) is 97.6 cm³/mol. The topological polar surface area (TPSA) is 66.5 Å². The van der Waals surface area contributed by atoms with Crippen molar-refractivity contribution in [3.8, 4) is 0 Å². The summed E-state index contributed by atoms with van der Waals surface area (Å²) in [5.41, 5.74) is 3.02. The second kappa shape index (κ2) is 6.59. The van der Waals surface area contributed by atoms with Gasteiger partial charge in [0.2, 0.25) is 0 Å². The number of pyridine rings is 2. The first-order valence-corrected chi connectivity index (χ1v) is 8.69. The van der Waals surface area contributed by atoms with Crippen molar-refractivity contribution in [1.82, 2.24) is 19.9 Å². The Morgan fingerprint density at radius 1 is 1.12 bits per heavy atom. The zero-order valence-corrected chi connectivity index (χ0v) is 14.2. The minimum absolute atomic E-state index is 0.543. The van der Waals surface area contributed by atoms with Crippen molar-refractivity contribution < 1.29 is 0 Å². The van der Waals surface area contributed by atoms with E-state index >= 15 is 0 Å². The highest BCUT2D eigenvalue weighted by atomic mass is 35.5. The van der Waals surface area contributed by atoms with Crippen molar-refractivity contribution in [3.63, 3.8) is 0 Å². The van der Waals surface area contributed by atoms with Gasteiger partial charge in [0.15, 0.2) is 5.13 Å². The molecular formula is C17H14ClN5S. The molecule has 0 unspecified atom stereocenters. The van der Waals surface area contributed by atoms with Crippen molar-refractivity contribution in [2.75, 3.05) is 5.32 Å². The van der Waals surface area contributed by atoms with Gasteiger partial charge in [-0.25, -0.2) is 9.97 Å². The lowest BCUT2D eigenvalue weighted by Gasteiger charge is -2.00. The molecule has 0 fully saturated rings. The van der Waals surface area contributed by atoms with Crippen molar-refractivity contribution in [2.24, 2.45) is 0 Å². The number of halogens is 1. The van der Waals surface area contributed by atoms with E-state index in [4.69, 9.17) is 11.6 Å². The molecule has 0 saturated heterocycles. The van der Waals surface area contributed by atoms with Gasteiger partial charge >= 0.3 is 0 Å². The lowest BCUT2D eigenvalue weighted by Crippen LogP contribution is -2.00. The van der Waals surface area contributed by atoms with E-state index in [1.165, 1.54) is 5.56 Å². The maximum atomic E-state index is 6.31. The Balaban J connectivity index is 1.51. The summed E-state index contributed by atoms with van der Waals surface area (Å²) < 4.78 is 0. The highest BCUT2D eigenvalue weighted by molar-refractivity contribution is 7.16. The fourth-order valence-electron chi connectivity index (χ4n) is 2.52. The molecule has 0 bridgehead atoms. The first-order chi connectivity index (χ1) is 11.8. The quantitative estimate of drug-likeness (QED) is 0.561. The number of hydrogen-bond acceptors (Lipinski definition) is 5. The predicted octanol–water partition coefficient (Wildman–Crippen LogP) is 4.27. The summed E-state index contributed by atoms with van der Waals surface area (Å²) >= 11 is 7.88. The van der Waals surface area contributed by atoms with Gasteiger partial charge in [-0.1, -0.05) is 17.7 Å². The third-order valence-corrected chi connectivity index (χ3v) is 5.12. The molecule has 7 heteroatoms. The maximum Gasteiger partial charge on any atom is 0.184 e. The molecule has 4 rings (SSSR count). The number of rotatable bonds is 5. The summed E-state index contributed by atoms with van der Waals surface area (Å²) in [5.74, 6) is 0. The van der Waals surface area contributed by atoms with Crippen molar-refractivity contribution in [2.45, 2.75) is 13.0 Å². The van der Waals surface area contributed by atoms with Gasteiger partial charge in [0.25, 0.3) is 0 Å². The summed E-state index contributed by atoms with van der Waals surface area (Å²) in [6.07, 6.45) is 6.27. The van der Waals surface area contributed by atoms with Crippen LogP contribution in [0.3, 0.4) is 0 Å². The average molecular weight is 356 g/mol. The lowest BCUT2D eigenvalue weighted by atomic mass is 10.1. The van der Waals surface area contributed by atoms with E-state index in [-0.39, 0.29) is 0 Å². The summed E-state index contributed by atoms with van der Waals surface area (Å²) in [6.45, 7) is 0.626. The third kappa shape index (κ3) is 3.11. The molecule has 0 saturated carbocycles. The Labute approximate surface area is 147 Å². The molecule has 0 radical (unpaired) electrons. The van der Waals surface area contributed by atoms with Crippen LogP contribution < -0.4 is 5.32 Å². The number of nitrogens with zero attached hydrogens (tertiary/aromatic N) is 3. The van der Waals surface area contributed by atoms with Crippen LogP contribution in [0, 0.1) is 0 Å². The fraction of sp³-hybridized carbons (Fsp3) is 0.118. The number of aromatic amines is 1. The minimum atomic E-state index is 0.543. The monoisotopic (exact) mass is 355 g/mol. The average Bonchev–Trinajstić information content (AvgIpc) is 3.18. The van der Waals surface area contributed by atoms with Crippen LogP contribution in [0.1, 0.15) is 16.1 Å². The van der Waals surface area contributed by atoms with Crippen LogP contribution in [0.5, 0.6) is 0 Å². The van der Waals surface area contributed by atoms with Crippen LogP contribution >= 0.6 is 22.9 Å². The molecule has 2 N–H and O–H groups in total. The largest absolute Gasteiger partial charge is 0.356 e. The Kier molecular flexibility index (Phi) is 4.15. The van der Waals surface area contributed by atoms with Gasteiger partial charge < -0.3 is 10.3 Å². The molecule has 0 aromatic carbocycles. The third-order valence-electron chi connectivity index (χ3n) is 3.68. The van der Waals surface area contributed by atoms with Gasteiger partial charge in [0, 0.05) is 30.4 Å². The number of thiazole rings is 1. The van der Waals surface area contributed by atoms with Gasteiger partial charge in [0.05, 0.1) is 17.1 Å². The molecule has 0 atom stereocenters. The first-order valence-electron chi connectivity index (χ1n) is 7.49. The molecular weight excluding hydrogens is 342 g/mol. The number of H-pyrrole nitrogens is 1. The highest BCUT2D eigenvalue weighted by Gasteiger charge is 2.12. The molecule has 4 aromatic rings. The van der Waals surface area contributed by atoms with Crippen molar-refractivity contribution >= 4 is 39.1 Å². The zero-order valence-electron chi connectivity index (χ0n) is 12.7. The van der Waals surface area contributed by atoms with E-state index < -0.39 is 0 Å². The minimum Gasteiger partial charge on any atom is -0.356 e. The van der Waals surface area contributed by atoms with E-state index in [0.29, 0.717) is 11.7 Å². The smallest absolute Gasteiger partial charge is 0.184 e. The molecule has 120 valence electrons. The molecule has 24 heavy (non-hydrogen) atoms. The van der Waals surface area contributed by atoms with Crippen LogP contribution in [-0.2, 0) is 13.0 Å². The van der Waals surface area contributed by atoms with E-state index in [0.717, 1.165) is 33.2 Å². The Morgan fingerprint density at radius 2 is 2.04 bits per heavy atom. The molecule has 0 amide bonds. The number of aromatic nitrogens is 4. The van der Waals surface area contributed by atoms with Crippen molar-refractivity contribution in [1.29, 1.82) is 0 Å². The summed E-state index contributed by atoms with van der Waals surface area (Å²) in [6, 6.07) is 9.84. The number of anilines is 1. The van der Waals surface area contributed by atoms with Gasteiger partial charge in [-0.05, 0) is 29.8 Å². The Morgan fingerprint density at radius 3 is 2.92 bits per heavy atom. The van der Waals surface area contributed by atoms with E-state index in [1.807, 2.05) is 30.5 Å². The summed E-state index contributed by atoms with van der Waals surface area (Å²) in [7, 11) is 0. The molecule has 0 aliphatic rings. The standard InChI is InChI=1S/C17H14ClN5S/c18-15-14(8-11-9-21-16-13(11)5-3-7-20-16)24-17(23-15)22-10-12-4-1-2-6-19-12/h1-7,9H,8,10H2,(H,20,21)(H,22,23). The van der Waals surface area contributed by atoms with Crippen molar-refractivity contribution in [3.05, 3.63) is 70.2 Å². The molecule has 4 aromatic heterocycles. The Bertz CT molecular complexity index is 963. The Hall–Kier alpha value is -2.44. The van der Waals surface area contributed by atoms with E-state index in [9.17, 15) is 0 Å². The van der Waals surface area contributed by atoms with Gasteiger partial charge in [-0.2, -0.15) is 0 Å². The van der Waals surface area contributed by atoms with Gasteiger partial charge in [-0.3, -0.25) is 4.98 Å². The normalized spacial score (nSPS) is 11.0. The molecule has 5 nitrogen and oxygen atoms in total. The van der Waals surface area contributed by atoms with Gasteiger partial charge in [-0.15, -0.1) is 11.3 Å². The lowest BCUT2D eigenvalue weighted by molar-refractivity contribution is 1.04. The second-order valence-corrected chi connectivity index (χ2v) is 6.74. The fourth-order valence-corrected chi connectivity index (χ4v) is 3.71. The molecule has 4 heterocycles. The van der Waals surface area contributed by atoms with Crippen LogP contribution in [0.2, 0.25) is 5.15 Å².